The molecule has 0 fully saturated rings. The molecule has 0 aromatic heterocycles. The zero-order valence-corrected chi connectivity index (χ0v) is 13.2. The number of benzene rings is 2. The van der Waals surface area contributed by atoms with E-state index in [0.29, 0.717) is 13.2 Å². The third-order valence-electron chi connectivity index (χ3n) is 4.15. The van der Waals surface area contributed by atoms with Crippen LogP contribution in [-0.2, 0) is 22.5 Å². The predicted octanol–water partition coefficient (Wildman–Crippen LogP) is 2.71. The molecule has 0 saturated carbocycles. The lowest BCUT2D eigenvalue weighted by Crippen LogP contribution is -2.27. The standard InChI is InChI=1S/C19H19NO4/c21-18(20-12-13-5-7-15(8-6-13)19(22)23)11-17-16-4-2-1-3-14(16)9-10-24-17/h1-8,17H,9-12H2,(H,20,21)(H,22,23)/t17-/m1/s1. The molecule has 2 aromatic rings. The maximum absolute atomic E-state index is 12.2. The summed E-state index contributed by atoms with van der Waals surface area (Å²) in [6.07, 6.45) is 0.957. The summed E-state index contributed by atoms with van der Waals surface area (Å²) in [6, 6.07) is 14.5. The van der Waals surface area contributed by atoms with Gasteiger partial charge >= 0.3 is 5.97 Å². The van der Waals surface area contributed by atoms with Crippen LogP contribution < -0.4 is 5.32 Å². The Morgan fingerprint density at radius 1 is 1.12 bits per heavy atom. The van der Waals surface area contributed by atoms with Crippen molar-refractivity contribution in [2.24, 2.45) is 0 Å². The van der Waals surface area contributed by atoms with E-state index >= 15 is 0 Å². The first-order valence-corrected chi connectivity index (χ1v) is 7.92. The van der Waals surface area contributed by atoms with Crippen LogP contribution in [0.3, 0.4) is 0 Å². The highest BCUT2D eigenvalue weighted by molar-refractivity contribution is 5.87. The van der Waals surface area contributed by atoms with E-state index in [1.54, 1.807) is 12.1 Å². The molecular weight excluding hydrogens is 306 g/mol. The van der Waals surface area contributed by atoms with Crippen LogP contribution in [0, 0.1) is 0 Å². The number of ether oxygens (including phenoxy) is 1. The number of carbonyl (C=O) groups is 2. The van der Waals surface area contributed by atoms with Crippen LogP contribution >= 0.6 is 0 Å². The van der Waals surface area contributed by atoms with Gasteiger partial charge in [0, 0.05) is 6.54 Å². The second kappa shape index (κ2) is 7.27. The molecule has 0 unspecified atom stereocenters. The van der Waals surface area contributed by atoms with E-state index in [1.807, 2.05) is 18.2 Å². The van der Waals surface area contributed by atoms with Crippen molar-refractivity contribution in [3.63, 3.8) is 0 Å². The lowest BCUT2D eigenvalue weighted by atomic mass is 9.95. The minimum atomic E-state index is -0.960. The summed E-state index contributed by atoms with van der Waals surface area (Å²) in [7, 11) is 0. The molecule has 1 atom stereocenters. The fraction of sp³-hybridized carbons (Fsp3) is 0.263. The van der Waals surface area contributed by atoms with E-state index in [0.717, 1.165) is 17.5 Å². The highest BCUT2D eigenvalue weighted by Gasteiger charge is 2.22. The lowest BCUT2D eigenvalue weighted by Gasteiger charge is -2.25. The molecule has 1 heterocycles. The fourth-order valence-corrected chi connectivity index (χ4v) is 2.85. The Morgan fingerprint density at radius 3 is 2.62 bits per heavy atom. The van der Waals surface area contributed by atoms with E-state index in [9.17, 15) is 9.59 Å². The second-order valence-electron chi connectivity index (χ2n) is 5.79. The third kappa shape index (κ3) is 3.81. The van der Waals surface area contributed by atoms with E-state index < -0.39 is 5.97 Å². The van der Waals surface area contributed by atoms with E-state index in [-0.39, 0.29) is 24.0 Å². The molecule has 2 aromatic carbocycles. The number of carbonyl (C=O) groups excluding carboxylic acids is 1. The van der Waals surface area contributed by atoms with Crippen molar-refractivity contribution in [1.29, 1.82) is 0 Å². The summed E-state index contributed by atoms with van der Waals surface area (Å²) in [5.74, 6) is -1.04. The molecule has 124 valence electrons. The molecular formula is C19H19NO4. The van der Waals surface area contributed by atoms with E-state index in [1.165, 1.54) is 17.7 Å². The molecule has 0 radical (unpaired) electrons. The molecule has 5 heteroatoms. The molecule has 0 saturated heterocycles. The summed E-state index contributed by atoms with van der Waals surface area (Å²) in [5.41, 5.74) is 3.42. The maximum atomic E-state index is 12.2. The second-order valence-corrected chi connectivity index (χ2v) is 5.79. The van der Waals surface area contributed by atoms with Crippen molar-refractivity contribution in [3.05, 3.63) is 70.8 Å². The van der Waals surface area contributed by atoms with Crippen LogP contribution in [-0.4, -0.2) is 23.6 Å². The van der Waals surface area contributed by atoms with Crippen molar-refractivity contribution in [2.75, 3.05) is 6.61 Å². The largest absolute Gasteiger partial charge is 0.478 e. The highest BCUT2D eigenvalue weighted by atomic mass is 16.5. The number of nitrogens with one attached hydrogen (secondary N) is 1. The number of hydrogen-bond acceptors (Lipinski definition) is 3. The predicted molar refractivity (Wildman–Crippen MR) is 88.7 cm³/mol. The van der Waals surface area contributed by atoms with Crippen LogP contribution in [0.1, 0.15) is 39.6 Å². The molecule has 1 amide bonds. The van der Waals surface area contributed by atoms with Crippen LogP contribution in [0.15, 0.2) is 48.5 Å². The van der Waals surface area contributed by atoms with Gasteiger partial charge in [-0.3, -0.25) is 4.79 Å². The Hall–Kier alpha value is -2.66. The van der Waals surface area contributed by atoms with Gasteiger partial charge in [-0.15, -0.1) is 0 Å². The highest BCUT2D eigenvalue weighted by Crippen LogP contribution is 2.29. The summed E-state index contributed by atoms with van der Waals surface area (Å²) in [4.78, 5) is 23.0. The molecule has 0 spiro atoms. The number of rotatable bonds is 5. The number of hydrogen-bond donors (Lipinski definition) is 2. The number of carboxylic acid groups (broad SMARTS) is 1. The Bertz CT molecular complexity index is 739. The zero-order valence-electron chi connectivity index (χ0n) is 13.2. The number of fused-ring (bicyclic) bond motifs is 1. The molecule has 0 bridgehead atoms. The number of amides is 1. The fourth-order valence-electron chi connectivity index (χ4n) is 2.85. The van der Waals surface area contributed by atoms with E-state index in [4.69, 9.17) is 9.84 Å². The van der Waals surface area contributed by atoms with Gasteiger partial charge in [-0.05, 0) is 35.2 Å². The van der Waals surface area contributed by atoms with Gasteiger partial charge < -0.3 is 15.2 Å². The SMILES string of the molecule is O=C(C[C@H]1OCCc2ccccc21)NCc1ccc(C(=O)O)cc1. The van der Waals surface area contributed by atoms with Crippen LogP contribution in [0.25, 0.3) is 0 Å². The first-order chi connectivity index (χ1) is 11.6. The minimum absolute atomic E-state index is 0.0842. The first-order valence-electron chi connectivity index (χ1n) is 7.92. The van der Waals surface area contributed by atoms with Gasteiger partial charge in [0.15, 0.2) is 0 Å². The monoisotopic (exact) mass is 325 g/mol. The van der Waals surface area contributed by atoms with Gasteiger partial charge in [-0.1, -0.05) is 36.4 Å². The molecule has 0 aliphatic carbocycles. The molecule has 1 aliphatic heterocycles. The van der Waals surface area contributed by atoms with Crippen LogP contribution in [0.2, 0.25) is 0 Å². The molecule has 1 aliphatic rings. The minimum Gasteiger partial charge on any atom is -0.478 e. The van der Waals surface area contributed by atoms with Gasteiger partial charge in [0.05, 0.1) is 24.7 Å². The Labute approximate surface area is 140 Å². The molecule has 3 rings (SSSR count). The smallest absolute Gasteiger partial charge is 0.335 e. The number of aromatic carboxylic acids is 1. The van der Waals surface area contributed by atoms with Crippen molar-refractivity contribution < 1.29 is 19.4 Å². The van der Waals surface area contributed by atoms with Gasteiger partial charge in [-0.2, -0.15) is 0 Å². The summed E-state index contributed by atoms with van der Waals surface area (Å²) in [5, 5.41) is 11.7. The quantitative estimate of drug-likeness (QED) is 0.886. The zero-order chi connectivity index (χ0) is 16.9. The lowest BCUT2D eigenvalue weighted by molar-refractivity contribution is -0.124. The summed E-state index contributed by atoms with van der Waals surface area (Å²) < 4.78 is 5.74. The van der Waals surface area contributed by atoms with Gasteiger partial charge in [0.25, 0.3) is 0 Å². The van der Waals surface area contributed by atoms with Gasteiger partial charge in [-0.25, -0.2) is 4.79 Å². The normalized spacial score (nSPS) is 16.2. The van der Waals surface area contributed by atoms with Crippen molar-refractivity contribution in [3.8, 4) is 0 Å². The topological polar surface area (TPSA) is 75.6 Å². The van der Waals surface area contributed by atoms with Crippen LogP contribution in [0.4, 0.5) is 0 Å². The Morgan fingerprint density at radius 2 is 1.88 bits per heavy atom. The molecule has 2 N–H and O–H groups in total. The molecule has 5 nitrogen and oxygen atoms in total. The van der Waals surface area contributed by atoms with Gasteiger partial charge in [0.1, 0.15) is 0 Å². The molecule has 24 heavy (non-hydrogen) atoms. The van der Waals surface area contributed by atoms with Crippen molar-refractivity contribution in [1.82, 2.24) is 5.32 Å². The van der Waals surface area contributed by atoms with E-state index in [2.05, 4.69) is 11.4 Å². The van der Waals surface area contributed by atoms with Gasteiger partial charge in [0.2, 0.25) is 5.91 Å². The first kappa shape index (κ1) is 16.2. The average Bonchev–Trinajstić information content (AvgIpc) is 2.61. The third-order valence-corrected chi connectivity index (χ3v) is 4.15. The Kier molecular flexibility index (Phi) is 4.91. The Balaban J connectivity index is 1.56. The number of carboxylic acids is 1. The van der Waals surface area contributed by atoms with Crippen molar-refractivity contribution >= 4 is 11.9 Å². The maximum Gasteiger partial charge on any atom is 0.335 e. The summed E-state index contributed by atoms with van der Waals surface area (Å²) >= 11 is 0. The van der Waals surface area contributed by atoms with Crippen LogP contribution in [0.5, 0.6) is 0 Å². The van der Waals surface area contributed by atoms with Crippen molar-refractivity contribution in [2.45, 2.75) is 25.5 Å². The average molecular weight is 325 g/mol. The summed E-state index contributed by atoms with van der Waals surface area (Å²) in [6.45, 7) is 0.999.